The van der Waals surface area contributed by atoms with Crippen molar-refractivity contribution in [2.45, 2.75) is 162 Å². The molecule has 2 nitrogen and oxygen atoms in total. The lowest BCUT2D eigenvalue weighted by molar-refractivity contribution is -0.150. The zero-order valence-electron chi connectivity index (χ0n) is 19.7. The number of ether oxygens (including phenoxy) is 1. The number of unbranched alkanes of at least 4 members (excludes halogenated alkanes) is 15. The van der Waals surface area contributed by atoms with E-state index < -0.39 is 0 Å². The summed E-state index contributed by atoms with van der Waals surface area (Å²) >= 11 is 0. The van der Waals surface area contributed by atoms with Crippen molar-refractivity contribution in [2.75, 3.05) is 0 Å². The van der Waals surface area contributed by atoms with E-state index >= 15 is 0 Å². The maximum atomic E-state index is 12.3. The van der Waals surface area contributed by atoms with Crippen molar-refractivity contribution in [1.29, 1.82) is 0 Å². The highest BCUT2D eigenvalue weighted by Gasteiger charge is 2.14. The number of esters is 1. The fourth-order valence-electron chi connectivity index (χ4n) is 3.86. The van der Waals surface area contributed by atoms with Crippen LogP contribution in [0.25, 0.3) is 0 Å². The molecule has 0 aromatic heterocycles. The number of carbonyl (C=O) groups is 1. The first kappa shape index (κ1) is 27.5. The van der Waals surface area contributed by atoms with Gasteiger partial charge in [0.15, 0.2) is 0 Å². The first-order valence-electron chi connectivity index (χ1n) is 12.9. The van der Waals surface area contributed by atoms with Crippen LogP contribution >= 0.6 is 0 Å². The van der Waals surface area contributed by atoms with Gasteiger partial charge < -0.3 is 4.74 Å². The molecule has 0 saturated heterocycles. The molecule has 0 saturated carbocycles. The summed E-state index contributed by atoms with van der Waals surface area (Å²) in [5.74, 6) is 0.0538. The lowest BCUT2D eigenvalue weighted by Crippen LogP contribution is -2.18. The molecule has 0 aromatic carbocycles. The standard InChI is InChI=1S/C26H52O2/c1-4-7-10-13-15-18-21-24-26(27)28-25(22-19-16-12-9-6-3)23-20-17-14-11-8-5-2/h25H,4-24H2,1-3H3. The van der Waals surface area contributed by atoms with E-state index in [2.05, 4.69) is 20.8 Å². The van der Waals surface area contributed by atoms with Gasteiger partial charge in [0.2, 0.25) is 0 Å². The van der Waals surface area contributed by atoms with Crippen LogP contribution in [0.4, 0.5) is 0 Å². The monoisotopic (exact) mass is 396 g/mol. The van der Waals surface area contributed by atoms with Gasteiger partial charge in [-0.15, -0.1) is 0 Å². The highest BCUT2D eigenvalue weighted by Crippen LogP contribution is 2.18. The Kier molecular flexibility index (Phi) is 22.3. The van der Waals surface area contributed by atoms with Gasteiger partial charge in [0.1, 0.15) is 6.10 Å². The second-order valence-corrected chi connectivity index (χ2v) is 8.74. The minimum Gasteiger partial charge on any atom is -0.462 e. The lowest BCUT2D eigenvalue weighted by atomic mass is 10.0. The van der Waals surface area contributed by atoms with Crippen LogP contribution in [0.3, 0.4) is 0 Å². The molecule has 0 fully saturated rings. The van der Waals surface area contributed by atoms with Crippen LogP contribution in [0.1, 0.15) is 156 Å². The normalized spacial score (nSPS) is 12.2. The van der Waals surface area contributed by atoms with E-state index in [-0.39, 0.29) is 12.1 Å². The smallest absolute Gasteiger partial charge is 0.306 e. The molecule has 28 heavy (non-hydrogen) atoms. The quantitative estimate of drug-likeness (QED) is 0.135. The van der Waals surface area contributed by atoms with Crippen molar-refractivity contribution in [1.82, 2.24) is 0 Å². The zero-order valence-corrected chi connectivity index (χ0v) is 19.7. The van der Waals surface area contributed by atoms with E-state index in [0.717, 1.165) is 19.3 Å². The predicted molar refractivity (Wildman–Crippen MR) is 124 cm³/mol. The molecule has 0 heterocycles. The number of carbonyl (C=O) groups excluding carboxylic acids is 1. The molecule has 0 aliphatic carbocycles. The van der Waals surface area contributed by atoms with E-state index in [1.165, 1.54) is 109 Å². The Morgan fingerprint density at radius 3 is 1.32 bits per heavy atom. The van der Waals surface area contributed by atoms with Crippen LogP contribution in [-0.2, 0) is 9.53 Å². The van der Waals surface area contributed by atoms with Gasteiger partial charge in [0.25, 0.3) is 0 Å². The lowest BCUT2D eigenvalue weighted by Gasteiger charge is -2.18. The van der Waals surface area contributed by atoms with Crippen molar-refractivity contribution in [2.24, 2.45) is 0 Å². The van der Waals surface area contributed by atoms with Gasteiger partial charge in [-0.25, -0.2) is 0 Å². The molecule has 0 aliphatic heterocycles. The van der Waals surface area contributed by atoms with Crippen molar-refractivity contribution < 1.29 is 9.53 Å². The summed E-state index contributed by atoms with van der Waals surface area (Å²) in [4.78, 5) is 12.3. The summed E-state index contributed by atoms with van der Waals surface area (Å²) < 4.78 is 5.89. The Morgan fingerprint density at radius 2 is 0.893 bits per heavy atom. The van der Waals surface area contributed by atoms with Gasteiger partial charge in [-0.1, -0.05) is 117 Å². The largest absolute Gasteiger partial charge is 0.462 e. The van der Waals surface area contributed by atoms with Gasteiger partial charge >= 0.3 is 5.97 Å². The van der Waals surface area contributed by atoms with Crippen molar-refractivity contribution in [3.63, 3.8) is 0 Å². The molecule has 0 spiro atoms. The molecule has 0 amide bonds. The van der Waals surface area contributed by atoms with Crippen molar-refractivity contribution >= 4 is 5.97 Å². The van der Waals surface area contributed by atoms with Crippen LogP contribution in [0.5, 0.6) is 0 Å². The zero-order chi connectivity index (χ0) is 20.7. The summed E-state index contributed by atoms with van der Waals surface area (Å²) in [6.45, 7) is 6.77. The first-order chi connectivity index (χ1) is 13.7. The van der Waals surface area contributed by atoms with Gasteiger partial charge in [0.05, 0.1) is 0 Å². The van der Waals surface area contributed by atoms with E-state index in [4.69, 9.17) is 4.74 Å². The number of hydrogen-bond donors (Lipinski definition) is 0. The second-order valence-electron chi connectivity index (χ2n) is 8.74. The molecule has 2 heteroatoms. The van der Waals surface area contributed by atoms with E-state index in [1.54, 1.807) is 0 Å². The minimum atomic E-state index is 0.0538. The Morgan fingerprint density at radius 1 is 0.536 bits per heavy atom. The fourth-order valence-corrected chi connectivity index (χ4v) is 3.86. The predicted octanol–water partition coefficient (Wildman–Crippen LogP) is 9.15. The molecular weight excluding hydrogens is 344 g/mol. The van der Waals surface area contributed by atoms with Crippen molar-refractivity contribution in [3.05, 3.63) is 0 Å². The second kappa shape index (κ2) is 22.8. The van der Waals surface area contributed by atoms with E-state index in [0.29, 0.717) is 6.42 Å². The summed E-state index contributed by atoms with van der Waals surface area (Å²) in [5.41, 5.74) is 0. The van der Waals surface area contributed by atoms with Gasteiger partial charge in [-0.05, 0) is 32.1 Å². The molecule has 0 rings (SSSR count). The van der Waals surface area contributed by atoms with Crippen LogP contribution < -0.4 is 0 Å². The van der Waals surface area contributed by atoms with Gasteiger partial charge in [-0.2, -0.15) is 0 Å². The average molecular weight is 397 g/mol. The molecule has 168 valence electrons. The Labute approximate surface area is 177 Å². The third-order valence-corrected chi connectivity index (χ3v) is 5.79. The third-order valence-electron chi connectivity index (χ3n) is 5.79. The summed E-state index contributed by atoms with van der Waals surface area (Å²) in [7, 11) is 0. The molecule has 0 bridgehead atoms. The summed E-state index contributed by atoms with van der Waals surface area (Å²) in [5, 5.41) is 0. The first-order valence-corrected chi connectivity index (χ1v) is 12.9. The van der Waals surface area contributed by atoms with Crippen molar-refractivity contribution in [3.8, 4) is 0 Å². The topological polar surface area (TPSA) is 26.3 Å². The maximum absolute atomic E-state index is 12.3. The summed E-state index contributed by atoms with van der Waals surface area (Å²) in [6.07, 6.45) is 26.0. The number of hydrogen-bond acceptors (Lipinski definition) is 2. The SMILES string of the molecule is CCCCCCCCCC(=O)OC(CCCCCCC)CCCCCCCC. The van der Waals surface area contributed by atoms with Crippen LogP contribution in [0, 0.1) is 0 Å². The molecule has 0 aliphatic rings. The van der Waals surface area contributed by atoms with Gasteiger partial charge in [-0.3, -0.25) is 4.79 Å². The molecule has 0 N–H and O–H groups in total. The van der Waals surface area contributed by atoms with Gasteiger partial charge in [0, 0.05) is 6.42 Å². The minimum absolute atomic E-state index is 0.0538. The molecule has 0 aromatic rings. The van der Waals surface area contributed by atoms with E-state index in [1.807, 2.05) is 0 Å². The Bertz CT molecular complexity index is 314. The third kappa shape index (κ3) is 20.2. The Hall–Kier alpha value is -0.530. The Balaban J connectivity index is 3.95. The molecular formula is C26H52O2. The highest BCUT2D eigenvalue weighted by molar-refractivity contribution is 5.69. The molecule has 1 atom stereocenters. The highest BCUT2D eigenvalue weighted by atomic mass is 16.5. The average Bonchev–Trinajstić information content (AvgIpc) is 2.69. The van der Waals surface area contributed by atoms with Crippen LogP contribution in [0.2, 0.25) is 0 Å². The molecule has 0 radical (unpaired) electrons. The molecule has 1 unspecified atom stereocenters. The summed E-state index contributed by atoms with van der Waals surface area (Å²) in [6, 6.07) is 0. The van der Waals surface area contributed by atoms with E-state index in [9.17, 15) is 4.79 Å². The fraction of sp³-hybridized carbons (Fsp3) is 0.962. The number of rotatable bonds is 22. The van der Waals surface area contributed by atoms with Crippen LogP contribution in [-0.4, -0.2) is 12.1 Å². The maximum Gasteiger partial charge on any atom is 0.306 e. The van der Waals surface area contributed by atoms with Crippen LogP contribution in [0.15, 0.2) is 0 Å².